The molecule has 1 unspecified atom stereocenters. The number of carbonyl (C=O) groups is 1. The van der Waals surface area contributed by atoms with Crippen molar-refractivity contribution in [2.24, 2.45) is 0 Å². The van der Waals surface area contributed by atoms with Crippen LogP contribution in [0.5, 0.6) is 0 Å². The van der Waals surface area contributed by atoms with Crippen LogP contribution in [0.4, 0.5) is 23.2 Å². The lowest BCUT2D eigenvalue weighted by atomic mass is 10.0. The summed E-state index contributed by atoms with van der Waals surface area (Å²) >= 11 is 0. The molecule has 3 aromatic heterocycles. The van der Waals surface area contributed by atoms with Crippen LogP contribution in [0.2, 0.25) is 0 Å². The second-order valence-electron chi connectivity index (χ2n) is 10.8. The Labute approximate surface area is 227 Å². The van der Waals surface area contributed by atoms with Gasteiger partial charge in [-0.2, -0.15) is 4.98 Å². The number of anilines is 1. The zero-order valence-corrected chi connectivity index (χ0v) is 22.3. The maximum Gasteiger partial charge on any atom is 0.288 e. The van der Waals surface area contributed by atoms with Crippen LogP contribution >= 0.6 is 0 Å². The number of carbonyl (C=O) groups excluding carboxylic acids is 1. The lowest BCUT2D eigenvalue weighted by molar-refractivity contribution is 0.0114. The highest BCUT2D eigenvalue weighted by atomic mass is 19.3. The van der Waals surface area contributed by atoms with Gasteiger partial charge in [0.2, 0.25) is 18.0 Å². The summed E-state index contributed by atoms with van der Waals surface area (Å²) < 4.78 is 64.6. The Morgan fingerprint density at radius 1 is 1.25 bits per heavy atom. The molecule has 5 rings (SSSR count). The third-order valence-electron chi connectivity index (χ3n) is 6.91. The minimum atomic E-state index is -3.32. The Hall–Kier alpha value is -3.87. The molecule has 4 aromatic rings. The highest BCUT2D eigenvalue weighted by Gasteiger charge is 2.30. The number of alkyl halides is 4. The fraction of sp³-hybridized carbons (Fsp3) is 0.444. The molecule has 40 heavy (non-hydrogen) atoms. The number of aromatic nitrogens is 4. The van der Waals surface area contributed by atoms with E-state index in [1.807, 2.05) is 25.3 Å². The molecule has 1 aliphatic heterocycles. The molecule has 0 aliphatic carbocycles. The largest absolute Gasteiger partial charge is 0.379 e. The van der Waals surface area contributed by atoms with Crippen molar-refractivity contribution in [3.05, 3.63) is 54.2 Å². The van der Waals surface area contributed by atoms with E-state index in [4.69, 9.17) is 4.52 Å². The number of nitrogens with zero attached hydrogens (tertiary/aromatic N) is 4. The summed E-state index contributed by atoms with van der Waals surface area (Å²) in [6.45, 7) is 6.73. The number of nitrogens with one attached hydrogen (secondary N) is 3. The number of fused-ring (bicyclic) bond motifs is 1. The lowest BCUT2D eigenvalue weighted by Crippen LogP contribution is -2.45. The predicted molar refractivity (Wildman–Crippen MR) is 142 cm³/mol. The molecule has 4 heterocycles. The fourth-order valence-corrected chi connectivity index (χ4v) is 4.75. The van der Waals surface area contributed by atoms with Gasteiger partial charge in [-0.15, -0.1) is 0 Å². The molecule has 1 amide bonds. The molecule has 1 saturated heterocycles. The first-order valence-corrected chi connectivity index (χ1v) is 13.0. The molecule has 13 heteroatoms. The average molecular weight is 562 g/mol. The lowest BCUT2D eigenvalue weighted by Gasteiger charge is -2.28. The third kappa shape index (κ3) is 5.55. The highest BCUT2D eigenvalue weighted by molar-refractivity contribution is 5.96. The average Bonchev–Trinajstić information content (AvgIpc) is 3.66. The van der Waals surface area contributed by atoms with E-state index in [0.29, 0.717) is 29.6 Å². The van der Waals surface area contributed by atoms with Gasteiger partial charge in [0, 0.05) is 35.6 Å². The summed E-state index contributed by atoms with van der Waals surface area (Å²) in [5.74, 6) is -0.479. The van der Waals surface area contributed by atoms with Crippen LogP contribution in [0, 0.1) is 0 Å². The van der Waals surface area contributed by atoms with E-state index in [9.17, 15) is 22.4 Å². The monoisotopic (exact) mass is 561 g/mol. The van der Waals surface area contributed by atoms with Crippen LogP contribution in [0.1, 0.15) is 49.7 Å². The number of hydrogen-bond donors (Lipinski definition) is 3. The van der Waals surface area contributed by atoms with Gasteiger partial charge in [-0.1, -0.05) is 11.2 Å². The summed E-state index contributed by atoms with van der Waals surface area (Å²) in [5.41, 5.74) is 0.854. The van der Waals surface area contributed by atoms with Crippen LogP contribution in [-0.4, -0.2) is 56.9 Å². The molecule has 3 N–H and O–H groups in total. The van der Waals surface area contributed by atoms with Crippen molar-refractivity contribution in [3.8, 4) is 11.5 Å². The van der Waals surface area contributed by atoms with Gasteiger partial charge in [0.25, 0.3) is 12.3 Å². The molecule has 0 spiro atoms. The van der Waals surface area contributed by atoms with Crippen LogP contribution in [0.3, 0.4) is 0 Å². The Kier molecular flexibility index (Phi) is 7.58. The Morgan fingerprint density at radius 3 is 2.75 bits per heavy atom. The van der Waals surface area contributed by atoms with Crippen molar-refractivity contribution >= 4 is 22.5 Å². The fourth-order valence-electron chi connectivity index (χ4n) is 4.75. The molecule has 1 aliphatic rings. The van der Waals surface area contributed by atoms with E-state index in [2.05, 4.69) is 26.1 Å². The topological polar surface area (TPSA) is 102 Å². The van der Waals surface area contributed by atoms with Crippen LogP contribution in [-0.2, 0) is 12.1 Å². The van der Waals surface area contributed by atoms with Crippen molar-refractivity contribution in [2.75, 3.05) is 18.4 Å². The zero-order valence-electron chi connectivity index (χ0n) is 22.3. The minimum Gasteiger partial charge on any atom is -0.379 e. The SMILES string of the molecule is CC(C)(C)n1ccc(C(=O)NCc2nc(-c3cc4c(N[C@@H]5CCNC[C@@H]5F)cccc4n3C(F)C(F)F)no2)c1. The Bertz CT molecular complexity index is 1490. The Morgan fingerprint density at radius 2 is 2.05 bits per heavy atom. The van der Waals surface area contributed by atoms with Gasteiger partial charge in [0.1, 0.15) is 6.17 Å². The number of halogens is 4. The highest BCUT2D eigenvalue weighted by Crippen LogP contribution is 2.37. The van der Waals surface area contributed by atoms with E-state index >= 15 is 0 Å². The van der Waals surface area contributed by atoms with Gasteiger partial charge in [0.05, 0.1) is 29.4 Å². The standard InChI is InChI=1S/C27H31F4N7O2/c1-27(2,3)37-10-8-15(14-37)26(39)33-13-22-35-25(36-40-22)21-11-16-18(34-19-7-9-32-12-17(19)28)5-4-6-20(16)38(21)24(31)23(29)30/h4-6,8,10-11,14,17,19,23-24,32,34H,7,9,12-13H2,1-3H3,(H,33,39)/t17-,19+,24?/m0/s1. The van der Waals surface area contributed by atoms with Crippen molar-refractivity contribution in [3.63, 3.8) is 0 Å². The van der Waals surface area contributed by atoms with Crippen LogP contribution < -0.4 is 16.0 Å². The van der Waals surface area contributed by atoms with Crippen molar-refractivity contribution in [1.29, 1.82) is 0 Å². The second kappa shape index (κ2) is 11.0. The molecule has 1 fully saturated rings. The predicted octanol–water partition coefficient (Wildman–Crippen LogP) is 5.02. The number of hydrogen-bond acceptors (Lipinski definition) is 6. The van der Waals surface area contributed by atoms with E-state index in [0.717, 1.165) is 4.57 Å². The number of amides is 1. The molecule has 0 saturated carbocycles. The van der Waals surface area contributed by atoms with Crippen molar-refractivity contribution in [1.82, 2.24) is 29.9 Å². The van der Waals surface area contributed by atoms with Crippen LogP contribution in [0.25, 0.3) is 22.4 Å². The molecule has 0 radical (unpaired) electrons. The van der Waals surface area contributed by atoms with Gasteiger partial charge in [-0.25, -0.2) is 17.6 Å². The maximum absolute atomic E-state index is 14.9. The quantitative estimate of drug-likeness (QED) is 0.261. The van der Waals surface area contributed by atoms with E-state index < -0.39 is 24.9 Å². The maximum atomic E-state index is 14.9. The summed E-state index contributed by atoms with van der Waals surface area (Å²) in [4.78, 5) is 16.8. The summed E-state index contributed by atoms with van der Waals surface area (Å²) in [6, 6.07) is 7.44. The Balaban J connectivity index is 1.41. The molecule has 1 aromatic carbocycles. The molecular formula is C27H31F4N7O2. The molecular weight excluding hydrogens is 530 g/mol. The first-order valence-electron chi connectivity index (χ1n) is 13.0. The normalized spacial score (nSPS) is 18.8. The number of rotatable bonds is 8. The third-order valence-corrected chi connectivity index (χ3v) is 6.91. The minimum absolute atomic E-state index is 0.0104. The molecule has 0 bridgehead atoms. The molecule has 9 nitrogen and oxygen atoms in total. The van der Waals surface area contributed by atoms with Gasteiger partial charge >= 0.3 is 0 Å². The summed E-state index contributed by atoms with van der Waals surface area (Å²) in [5, 5.41) is 13.1. The first-order chi connectivity index (χ1) is 19.0. The van der Waals surface area contributed by atoms with Crippen molar-refractivity contribution in [2.45, 2.75) is 64.2 Å². The van der Waals surface area contributed by atoms with Gasteiger partial charge < -0.3 is 29.6 Å². The molecule has 214 valence electrons. The molecule has 3 atom stereocenters. The van der Waals surface area contributed by atoms with E-state index in [1.165, 1.54) is 12.1 Å². The van der Waals surface area contributed by atoms with Crippen LogP contribution in [0.15, 0.2) is 47.2 Å². The van der Waals surface area contributed by atoms with Gasteiger partial charge in [-0.3, -0.25) is 4.79 Å². The first kappa shape index (κ1) is 27.7. The van der Waals surface area contributed by atoms with E-state index in [-0.39, 0.29) is 47.5 Å². The van der Waals surface area contributed by atoms with Gasteiger partial charge in [-0.05, 0) is 58.0 Å². The van der Waals surface area contributed by atoms with E-state index in [1.54, 1.807) is 30.6 Å². The second-order valence-corrected chi connectivity index (χ2v) is 10.8. The summed E-state index contributed by atoms with van der Waals surface area (Å²) in [7, 11) is 0. The zero-order chi connectivity index (χ0) is 28.6. The smallest absolute Gasteiger partial charge is 0.288 e. The number of benzene rings is 1. The summed E-state index contributed by atoms with van der Waals surface area (Å²) in [6.07, 6.45) is -3.12. The van der Waals surface area contributed by atoms with Gasteiger partial charge in [0.15, 0.2) is 0 Å². The van der Waals surface area contributed by atoms with Crippen molar-refractivity contribution < 1.29 is 26.9 Å². The number of piperidine rings is 1.